The lowest BCUT2D eigenvalue weighted by molar-refractivity contribution is -0.152. The van der Waals surface area contributed by atoms with Gasteiger partial charge < -0.3 is 9.80 Å². The zero-order valence-corrected chi connectivity index (χ0v) is 16.1. The van der Waals surface area contributed by atoms with Crippen molar-refractivity contribution < 1.29 is 9.59 Å². The zero-order chi connectivity index (χ0) is 18.6. The molecule has 2 saturated heterocycles. The molecule has 0 aromatic heterocycles. The van der Waals surface area contributed by atoms with Crippen LogP contribution in [0.25, 0.3) is 0 Å². The van der Waals surface area contributed by atoms with Crippen molar-refractivity contribution in [2.24, 2.45) is 11.8 Å². The summed E-state index contributed by atoms with van der Waals surface area (Å²) in [4.78, 5) is 29.1. The van der Waals surface area contributed by atoms with Gasteiger partial charge in [0.05, 0.1) is 0 Å². The molecule has 4 heteroatoms. The molecule has 1 atom stereocenters. The van der Waals surface area contributed by atoms with Gasteiger partial charge in [-0.25, -0.2) is 0 Å². The maximum Gasteiger partial charge on any atom is 0.312 e. The Kier molecular flexibility index (Phi) is 5.61. The third kappa shape index (κ3) is 4.26. The number of carbonyl (C=O) groups excluding carboxylic acids is 2. The van der Waals surface area contributed by atoms with E-state index in [0.29, 0.717) is 31.5 Å². The fourth-order valence-electron chi connectivity index (χ4n) is 4.87. The molecule has 1 unspecified atom stereocenters. The molecule has 144 valence electrons. The second kappa shape index (κ2) is 8.28. The number of carbonyl (C=O) groups is 2. The van der Waals surface area contributed by atoms with E-state index in [1.807, 2.05) is 6.07 Å². The highest BCUT2D eigenvalue weighted by atomic mass is 16.2. The summed E-state index contributed by atoms with van der Waals surface area (Å²) in [5.74, 6) is 0.672. The Morgan fingerprint density at radius 1 is 0.889 bits per heavy atom. The van der Waals surface area contributed by atoms with Gasteiger partial charge in [-0.05, 0) is 62.3 Å². The normalized spacial score (nSPS) is 23.6. The fraction of sp³-hybridized carbons (Fsp3) is 0.565. The molecule has 0 N–H and O–H groups in total. The van der Waals surface area contributed by atoms with Crippen molar-refractivity contribution >= 4 is 11.8 Å². The van der Waals surface area contributed by atoms with Crippen molar-refractivity contribution in [3.8, 4) is 0 Å². The van der Waals surface area contributed by atoms with E-state index in [9.17, 15) is 9.59 Å². The minimum Gasteiger partial charge on any atom is -0.334 e. The lowest BCUT2D eigenvalue weighted by atomic mass is 9.82. The molecule has 2 amide bonds. The van der Waals surface area contributed by atoms with E-state index in [-0.39, 0.29) is 11.8 Å². The fourth-order valence-corrected chi connectivity index (χ4v) is 4.87. The van der Waals surface area contributed by atoms with E-state index in [1.165, 1.54) is 24.0 Å². The van der Waals surface area contributed by atoms with Crippen LogP contribution in [0, 0.1) is 11.8 Å². The molecule has 0 spiro atoms. The molecular weight excluding hydrogens is 336 g/mol. The minimum absolute atomic E-state index is 0.289. The largest absolute Gasteiger partial charge is 0.334 e. The molecule has 1 aliphatic carbocycles. The summed E-state index contributed by atoms with van der Waals surface area (Å²) in [6, 6.07) is 10.5. The smallest absolute Gasteiger partial charge is 0.312 e. The SMILES string of the molecule is O=C(C(=O)N1CCC2CCCC=C2C1)N1CCC(Cc2ccccc2)CC1. The summed E-state index contributed by atoms with van der Waals surface area (Å²) in [5.41, 5.74) is 2.75. The van der Waals surface area contributed by atoms with Crippen molar-refractivity contribution in [1.29, 1.82) is 0 Å². The van der Waals surface area contributed by atoms with Gasteiger partial charge >= 0.3 is 11.8 Å². The number of benzene rings is 1. The molecule has 0 bridgehead atoms. The van der Waals surface area contributed by atoms with E-state index in [4.69, 9.17) is 0 Å². The third-order valence-electron chi connectivity index (χ3n) is 6.55. The number of rotatable bonds is 2. The van der Waals surface area contributed by atoms with Crippen LogP contribution in [0.15, 0.2) is 42.0 Å². The summed E-state index contributed by atoms with van der Waals surface area (Å²) >= 11 is 0. The van der Waals surface area contributed by atoms with E-state index in [0.717, 1.165) is 38.6 Å². The first-order valence-corrected chi connectivity index (χ1v) is 10.5. The first-order valence-electron chi connectivity index (χ1n) is 10.5. The van der Waals surface area contributed by atoms with Crippen molar-refractivity contribution in [3.63, 3.8) is 0 Å². The average molecular weight is 367 g/mol. The highest BCUT2D eigenvalue weighted by molar-refractivity contribution is 6.35. The van der Waals surface area contributed by atoms with Crippen LogP contribution in [-0.2, 0) is 16.0 Å². The molecule has 2 fully saturated rings. The van der Waals surface area contributed by atoms with Crippen LogP contribution in [-0.4, -0.2) is 47.8 Å². The van der Waals surface area contributed by atoms with Crippen molar-refractivity contribution in [3.05, 3.63) is 47.5 Å². The number of likely N-dealkylation sites (tertiary alicyclic amines) is 2. The first-order chi connectivity index (χ1) is 13.2. The topological polar surface area (TPSA) is 40.6 Å². The summed E-state index contributed by atoms with van der Waals surface area (Å²) in [7, 11) is 0. The van der Waals surface area contributed by atoms with Gasteiger partial charge in [-0.1, -0.05) is 42.0 Å². The minimum atomic E-state index is -0.290. The Balaban J connectivity index is 1.29. The monoisotopic (exact) mass is 366 g/mol. The molecule has 0 saturated carbocycles. The van der Waals surface area contributed by atoms with Crippen molar-refractivity contribution in [2.75, 3.05) is 26.2 Å². The van der Waals surface area contributed by atoms with E-state index in [2.05, 4.69) is 30.3 Å². The predicted octanol–water partition coefficient (Wildman–Crippen LogP) is 3.43. The average Bonchev–Trinajstić information content (AvgIpc) is 2.73. The zero-order valence-electron chi connectivity index (χ0n) is 16.1. The molecule has 3 aliphatic rings. The Labute approximate surface area is 162 Å². The lowest BCUT2D eigenvalue weighted by Crippen LogP contribution is -2.50. The number of nitrogens with zero attached hydrogens (tertiary/aromatic N) is 2. The van der Waals surface area contributed by atoms with Gasteiger partial charge in [0.15, 0.2) is 0 Å². The second-order valence-corrected chi connectivity index (χ2v) is 8.35. The van der Waals surface area contributed by atoms with Crippen LogP contribution < -0.4 is 0 Å². The number of allylic oxidation sites excluding steroid dienone is 1. The van der Waals surface area contributed by atoms with Gasteiger partial charge in [0.1, 0.15) is 0 Å². The van der Waals surface area contributed by atoms with Crippen molar-refractivity contribution in [1.82, 2.24) is 9.80 Å². The van der Waals surface area contributed by atoms with Crippen LogP contribution in [0.3, 0.4) is 0 Å². The highest BCUT2D eigenvalue weighted by Crippen LogP contribution is 2.32. The van der Waals surface area contributed by atoms with Gasteiger partial charge in [-0.15, -0.1) is 0 Å². The van der Waals surface area contributed by atoms with Gasteiger partial charge in [-0.2, -0.15) is 0 Å². The molecule has 2 heterocycles. The summed E-state index contributed by atoms with van der Waals surface area (Å²) in [5, 5.41) is 0. The molecule has 27 heavy (non-hydrogen) atoms. The van der Waals surface area contributed by atoms with Crippen molar-refractivity contribution in [2.45, 2.75) is 44.9 Å². The summed E-state index contributed by atoms with van der Waals surface area (Å²) in [6.07, 6.45) is 9.99. The number of hydrogen-bond acceptors (Lipinski definition) is 2. The van der Waals surface area contributed by atoms with Crippen LogP contribution >= 0.6 is 0 Å². The standard InChI is InChI=1S/C23H30N2O2/c26-22(23(27)25-15-12-20-8-4-5-9-21(20)17-25)24-13-10-19(11-14-24)16-18-6-2-1-3-7-18/h1-3,6-7,9,19-20H,4-5,8,10-17H2. The van der Waals surface area contributed by atoms with Gasteiger partial charge in [0, 0.05) is 26.2 Å². The molecule has 4 rings (SSSR count). The van der Waals surface area contributed by atoms with Crippen LogP contribution in [0.4, 0.5) is 0 Å². The van der Waals surface area contributed by atoms with Crippen LogP contribution in [0.2, 0.25) is 0 Å². The van der Waals surface area contributed by atoms with Gasteiger partial charge in [0.2, 0.25) is 0 Å². The molecule has 2 aliphatic heterocycles. The maximum absolute atomic E-state index is 12.8. The van der Waals surface area contributed by atoms with Gasteiger partial charge in [-0.3, -0.25) is 9.59 Å². The number of fused-ring (bicyclic) bond motifs is 1. The Morgan fingerprint density at radius 2 is 1.59 bits per heavy atom. The second-order valence-electron chi connectivity index (χ2n) is 8.35. The number of hydrogen-bond donors (Lipinski definition) is 0. The predicted molar refractivity (Wildman–Crippen MR) is 106 cm³/mol. The van der Waals surface area contributed by atoms with E-state index < -0.39 is 0 Å². The summed E-state index contributed by atoms with van der Waals surface area (Å²) < 4.78 is 0. The quantitative estimate of drug-likeness (QED) is 0.594. The molecule has 1 aromatic carbocycles. The lowest BCUT2D eigenvalue weighted by Gasteiger charge is -2.38. The van der Waals surface area contributed by atoms with Gasteiger partial charge in [0.25, 0.3) is 0 Å². The first kappa shape index (κ1) is 18.3. The Morgan fingerprint density at radius 3 is 2.37 bits per heavy atom. The van der Waals surface area contributed by atoms with Crippen LogP contribution in [0.1, 0.15) is 44.1 Å². The number of amides is 2. The molecular formula is C23H30N2O2. The maximum atomic E-state index is 12.8. The molecule has 4 nitrogen and oxygen atoms in total. The van der Waals surface area contributed by atoms with Crippen LogP contribution in [0.5, 0.6) is 0 Å². The van der Waals surface area contributed by atoms with E-state index in [1.54, 1.807) is 9.80 Å². The highest BCUT2D eigenvalue weighted by Gasteiger charge is 2.34. The third-order valence-corrected chi connectivity index (χ3v) is 6.55. The Hall–Kier alpha value is -2.10. The summed E-state index contributed by atoms with van der Waals surface area (Å²) in [6.45, 7) is 2.82. The van der Waals surface area contributed by atoms with E-state index >= 15 is 0 Å². The Bertz CT molecular complexity index is 704. The molecule has 1 aromatic rings. The molecule has 0 radical (unpaired) electrons. The number of piperidine rings is 2.